The van der Waals surface area contributed by atoms with Crippen LogP contribution in [0.25, 0.3) is 0 Å². The van der Waals surface area contributed by atoms with Crippen LogP contribution in [0.1, 0.15) is 33.9 Å². The largest absolute Gasteiger partial charge is 0.496 e. The highest BCUT2D eigenvalue weighted by Gasteiger charge is 2.15. The van der Waals surface area contributed by atoms with Crippen LogP contribution < -0.4 is 10.1 Å². The molecule has 0 aliphatic heterocycles. The molecule has 1 unspecified atom stereocenters. The van der Waals surface area contributed by atoms with Crippen LogP contribution in [-0.2, 0) is 6.42 Å². The van der Waals surface area contributed by atoms with Crippen molar-refractivity contribution in [2.24, 2.45) is 0 Å². The number of nitrogens with one attached hydrogen (secondary N) is 1. The van der Waals surface area contributed by atoms with Crippen LogP contribution in [0.5, 0.6) is 5.75 Å². The molecule has 112 valence electrons. The average Bonchev–Trinajstić information content (AvgIpc) is 2.48. The van der Waals surface area contributed by atoms with E-state index in [1.165, 1.54) is 27.8 Å². The Morgan fingerprint density at radius 2 is 1.71 bits per heavy atom. The van der Waals surface area contributed by atoms with Crippen LogP contribution in [0.15, 0.2) is 36.4 Å². The topological polar surface area (TPSA) is 21.3 Å². The first-order valence-corrected chi connectivity index (χ1v) is 7.43. The summed E-state index contributed by atoms with van der Waals surface area (Å²) in [5.41, 5.74) is 6.54. The van der Waals surface area contributed by atoms with Crippen molar-refractivity contribution in [3.05, 3.63) is 64.2 Å². The Kier molecular flexibility index (Phi) is 5.03. The number of aryl methyl sites for hydroxylation is 3. The van der Waals surface area contributed by atoms with Gasteiger partial charge in [0.1, 0.15) is 5.75 Å². The Morgan fingerprint density at radius 3 is 2.33 bits per heavy atom. The minimum atomic E-state index is 0.315. The SMILES string of the molecule is CNC(Cc1ccccc1C)c1cc(C)c(OC)cc1C. The molecule has 0 aliphatic rings. The van der Waals surface area contributed by atoms with Gasteiger partial charge in [0.25, 0.3) is 0 Å². The van der Waals surface area contributed by atoms with Gasteiger partial charge in [-0.1, -0.05) is 30.3 Å². The molecule has 2 aromatic carbocycles. The lowest BCUT2D eigenvalue weighted by Gasteiger charge is -2.21. The highest BCUT2D eigenvalue weighted by atomic mass is 16.5. The average molecular weight is 283 g/mol. The van der Waals surface area contributed by atoms with Crippen molar-refractivity contribution in [2.75, 3.05) is 14.2 Å². The number of hydrogen-bond donors (Lipinski definition) is 1. The molecule has 0 saturated carbocycles. The van der Waals surface area contributed by atoms with E-state index in [0.717, 1.165) is 12.2 Å². The lowest BCUT2D eigenvalue weighted by molar-refractivity contribution is 0.410. The summed E-state index contributed by atoms with van der Waals surface area (Å²) in [5, 5.41) is 3.46. The van der Waals surface area contributed by atoms with E-state index in [0.29, 0.717) is 6.04 Å². The quantitative estimate of drug-likeness (QED) is 0.891. The van der Waals surface area contributed by atoms with E-state index in [-0.39, 0.29) is 0 Å². The molecule has 2 aromatic rings. The second-order valence-corrected chi connectivity index (χ2v) is 5.65. The third kappa shape index (κ3) is 3.45. The molecule has 21 heavy (non-hydrogen) atoms. The van der Waals surface area contributed by atoms with Crippen LogP contribution >= 0.6 is 0 Å². The molecule has 2 rings (SSSR count). The summed E-state index contributed by atoms with van der Waals surface area (Å²) in [5.74, 6) is 0.960. The minimum absolute atomic E-state index is 0.315. The number of benzene rings is 2. The Balaban J connectivity index is 2.34. The standard InChI is InChI=1S/C19H25NO/c1-13-8-6-7-9-16(13)12-18(20-4)17-10-15(3)19(21-5)11-14(17)2/h6-11,18,20H,12H2,1-5H3. The van der Waals surface area contributed by atoms with Gasteiger partial charge in [0.15, 0.2) is 0 Å². The first-order valence-electron chi connectivity index (χ1n) is 7.43. The van der Waals surface area contributed by atoms with E-state index >= 15 is 0 Å². The van der Waals surface area contributed by atoms with E-state index in [2.05, 4.69) is 62.5 Å². The summed E-state index contributed by atoms with van der Waals surface area (Å²) in [4.78, 5) is 0. The van der Waals surface area contributed by atoms with Gasteiger partial charge < -0.3 is 10.1 Å². The molecule has 0 saturated heterocycles. The second kappa shape index (κ2) is 6.77. The van der Waals surface area contributed by atoms with Gasteiger partial charge in [-0.25, -0.2) is 0 Å². The van der Waals surface area contributed by atoms with Crippen LogP contribution in [0.3, 0.4) is 0 Å². The Morgan fingerprint density at radius 1 is 1.00 bits per heavy atom. The first kappa shape index (κ1) is 15.6. The van der Waals surface area contributed by atoms with Gasteiger partial charge in [0.2, 0.25) is 0 Å². The molecule has 1 N–H and O–H groups in total. The molecule has 0 fully saturated rings. The Labute approximate surface area is 128 Å². The van der Waals surface area contributed by atoms with Crippen LogP contribution in [0.2, 0.25) is 0 Å². The van der Waals surface area contributed by atoms with Crippen molar-refractivity contribution in [3.63, 3.8) is 0 Å². The number of ether oxygens (including phenoxy) is 1. The van der Waals surface area contributed by atoms with Gasteiger partial charge in [0.05, 0.1) is 7.11 Å². The molecule has 0 radical (unpaired) electrons. The fourth-order valence-corrected chi connectivity index (χ4v) is 2.83. The monoisotopic (exact) mass is 283 g/mol. The number of hydrogen-bond acceptors (Lipinski definition) is 2. The van der Waals surface area contributed by atoms with Crippen LogP contribution in [0, 0.1) is 20.8 Å². The van der Waals surface area contributed by atoms with Crippen molar-refractivity contribution < 1.29 is 4.74 Å². The predicted octanol–water partition coefficient (Wildman–Crippen LogP) is 4.12. The number of methoxy groups -OCH3 is 1. The zero-order valence-corrected chi connectivity index (χ0v) is 13.7. The number of rotatable bonds is 5. The molecule has 2 heteroatoms. The third-order valence-electron chi connectivity index (χ3n) is 4.19. The summed E-state index contributed by atoms with van der Waals surface area (Å²) in [6.07, 6.45) is 0.996. The summed E-state index contributed by atoms with van der Waals surface area (Å²) in [7, 11) is 3.76. The fraction of sp³-hybridized carbons (Fsp3) is 0.368. The highest BCUT2D eigenvalue weighted by Crippen LogP contribution is 2.28. The molecule has 0 spiro atoms. The summed E-state index contributed by atoms with van der Waals surface area (Å²) >= 11 is 0. The zero-order chi connectivity index (χ0) is 15.4. The number of likely N-dealkylation sites (N-methyl/N-ethyl adjacent to an activating group) is 1. The van der Waals surface area contributed by atoms with Crippen molar-refractivity contribution in [2.45, 2.75) is 33.2 Å². The second-order valence-electron chi connectivity index (χ2n) is 5.65. The predicted molar refractivity (Wildman–Crippen MR) is 89.2 cm³/mol. The maximum absolute atomic E-state index is 5.41. The van der Waals surface area contributed by atoms with E-state index in [4.69, 9.17) is 4.74 Å². The molecule has 2 nitrogen and oxygen atoms in total. The molecular weight excluding hydrogens is 258 g/mol. The summed E-state index contributed by atoms with van der Waals surface area (Å²) in [6, 6.07) is 13.3. The third-order valence-corrected chi connectivity index (χ3v) is 4.19. The van der Waals surface area contributed by atoms with Gasteiger partial charge in [0, 0.05) is 6.04 Å². The lowest BCUT2D eigenvalue weighted by Crippen LogP contribution is -2.20. The van der Waals surface area contributed by atoms with E-state index in [1.807, 2.05) is 7.05 Å². The Bertz CT molecular complexity index is 619. The van der Waals surface area contributed by atoms with Gasteiger partial charge in [-0.05, 0) is 68.1 Å². The lowest BCUT2D eigenvalue weighted by atomic mass is 9.92. The summed E-state index contributed by atoms with van der Waals surface area (Å²) in [6.45, 7) is 6.43. The van der Waals surface area contributed by atoms with E-state index in [1.54, 1.807) is 7.11 Å². The van der Waals surface area contributed by atoms with Crippen LogP contribution in [-0.4, -0.2) is 14.2 Å². The zero-order valence-electron chi connectivity index (χ0n) is 13.7. The Hall–Kier alpha value is -1.80. The molecule has 0 aromatic heterocycles. The van der Waals surface area contributed by atoms with Gasteiger partial charge >= 0.3 is 0 Å². The van der Waals surface area contributed by atoms with Gasteiger partial charge in [-0.15, -0.1) is 0 Å². The molecule has 0 heterocycles. The fourth-order valence-electron chi connectivity index (χ4n) is 2.83. The van der Waals surface area contributed by atoms with Crippen molar-refractivity contribution in [3.8, 4) is 5.75 Å². The van der Waals surface area contributed by atoms with Crippen molar-refractivity contribution in [1.29, 1.82) is 0 Å². The van der Waals surface area contributed by atoms with Gasteiger partial charge in [-0.2, -0.15) is 0 Å². The normalized spacial score (nSPS) is 12.2. The van der Waals surface area contributed by atoms with Crippen LogP contribution in [0.4, 0.5) is 0 Å². The van der Waals surface area contributed by atoms with Crippen molar-refractivity contribution in [1.82, 2.24) is 5.32 Å². The maximum Gasteiger partial charge on any atom is 0.122 e. The maximum atomic E-state index is 5.41. The van der Waals surface area contributed by atoms with Crippen molar-refractivity contribution >= 4 is 0 Å². The van der Waals surface area contributed by atoms with Gasteiger partial charge in [-0.3, -0.25) is 0 Å². The summed E-state index contributed by atoms with van der Waals surface area (Å²) < 4.78 is 5.41. The first-order chi connectivity index (χ1) is 10.1. The molecular formula is C19H25NO. The minimum Gasteiger partial charge on any atom is -0.496 e. The molecule has 1 atom stereocenters. The highest BCUT2D eigenvalue weighted by molar-refractivity contribution is 5.43. The molecule has 0 aliphatic carbocycles. The van der Waals surface area contributed by atoms with E-state index < -0.39 is 0 Å². The molecule has 0 bridgehead atoms. The smallest absolute Gasteiger partial charge is 0.122 e. The van der Waals surface area contributed by atoms with E-state index in [9.17, 15) is 0 Å². The molecule has 0 amide bonds.